The van der Waals surface area contributed by atoms with Gasteiger partial charge in [0.25, 0.3) is 0 Å². The molecule has 1 atom stereocenters. The van der Waals surface area contributed by atoms with Gasteiger partial charge in [0, 0.05) is 17.5 Å². The Morgan fingerprint density at radius 2 is 1.91 bits per heavy atom. The Labute approximate surface area is 145 Å². The third-order valence-corrected chi connectivity index (χ3v) is 6.52. The lowest BCUT2D eigenvalue weighted by Crippen LogP contribution is -2.28. The standard InChI is InChI=1S/C22H34Si/c1-7-8-9-10-11-12-14-20-15-13-16-21(20)22(23(4,5)6)18-17-19(2)3/h22H,2,7-11,13,15-16H2,1,3-6H3. The van der Waals surface area contributed by atoms with Crippen molar-refractivity contribution in [2.24, 2.45) is 0 Å². The molecular formula is C22H34Si. The third kappa shape index (κ3) is 7.28. The second-order valence-electron chi connectivity index (χ2n) is 7.82. The molecule has 0 aliphatic heterocycles. The first kappa shape index (κ1) is 19.9. The molecule has 1 unspecified atom stereocenters. The number of hydrogen-bond donors (Lipinski definition) is 0. The zero-order valence-electron chi connectivity index (χ0n) is 15.9. The summed E-state index contributed by atoms with van der Waals surface area (Å²) < 4.78 is 0. The Morgan fingerprint density at radius 1 is 1.17 bits per heavy atom. The molecular weight excluding hydrogens is 292 g/mol. The van der Waals surface area contributed by atoms with Crippen LogP contribution in [0.25, 0.3) is 0 Å². The first-order valence-corrected chi connectivity index (χ1v) is 12.8. The van der Waals surface area contributed by atoms with E-state index in [-0.39, 0.29) is 0 Å². The first-order chi connectivity index (χ1) is 10.9. The van der Waals surface area contributed by atoms with Crippen molar-refractivity contribution in [3.63, 3.8) is 0 Å². The van der Waals surface area contributed by atoms with Gasteiger partial charge in [-0.3, -0.25) is 0 Å². The molecule has 0 aromatic heterocycles. The molecule has 0 aromatic carbocycles. The average Bonchev–Trinajstić information content (AvgIpc) is 2.89. The van der Waals surface area contributed by atoms with Crippen molar-refractivity contribution in [1.29, 1.82) is 0 Å². The second kappa shape index (κ2) is 9.84. The number of rotatable bonds is 6. The largest absolute Gasteiger partial charge is 0.0982 e. The average molecular weight is 327 g/mol. The zero-order valence-corrected chi connectivity index (χ0v) is 16.9. The van der Waals surface area contributed by atoms with Crippen LogP contribution in [0.15, 0.2) is 23.3 Å². The topological polar surface area (TPSA) is 0 Å². The van der Waals surface area contributed by atoms with Crippen molar-refractivity contribution < 1.29 is 0 Å². The van der Waals surface area contributed by atoms with Crippen LogP contribution in [0.2, 0.25) is 25.2 Å². The third-order valence-electron chi connectivity index (χ3n) is 4.30. The highest BCUT2D eigenvalue weighted by molar-refractivity contribution is 6.79. The van der Waals surface area contributed by atoms with Gasteiger partial charge in [-0.1, -0.05) is 76.1 Å². The minimum Gasteiger partial charge on any atom is -0.0982 e. The van der Waals surface area contributed by atoms with Gasteiger partial charge in [-0.2, -0.15) is 0 Å². The number of hydrogen-bond acceptors (Lipinski definition) is 0. The smallest absolute Gasteiger partial charge is 0.0665 e. The summed E-state index contributed by atoms with van der Waals surface area (Å²) in [5.41, 5.74) is 4.37. The van der Waals surface area contributed by atoms with E-state index in [0.717, 1.165) is 18.4 Å². The van der Waals surface area contributed by atoms with Crippen LogP contribution in [-0.2, 0) is 0 Å². The Bertz CT molecular complexity index is 549. The molecule has 1 aliphatic carbocycles. The molecule has 0 fully saturated rings. The van der Waals surface area contributed by atoms with Gasteiger partial charge in [0.1, 0.15) is 0 Å². The summed E-state index contributed by atoms with van der Waals surface area (Å²) >= 11 is 0. The lowest BCUT2D eigenvalue weighted by molar-refractivity contribution is 0.679. The van der Waals surface area contributed by atoms with Crippen LogP contribution in [0.3, 0.4) is 0 Å². The molecule has 0 radical (unpaired) electrons. The normalized spacial score (nSPS) is 15.5. The van der Waals surface area contributed by atoms with Crippen LogP contribution < -0.4 is 0 Å². The molecule has 23 heavy (non-hydrogen) atoms. The van der Waals surface area contributed by atoms with E-state index in [2.05, 4.69) is 56.8 Å². The molecule has 0 saturated carbocycles. The maximum atomic E-state index is 3.94. The van der Waals surface area contributed by atoms with E-state index < -0.39 is 8.07 Å². The predicted octanol–water partition coefficient (Wildman–Crippen LogP) is 6.73. The number of allylic oxidation sites excluding steroid dienone is 3. The van der Waals surface area contributed by atoms with E-state index in [9.17, 15) is 0 Å². The lowest BCUT2D eigenvalue weighted by atomic mass is 10.1. The summed E-state index contributed by atoms with van der Waals surface area (Å²) in [6.45, 7) is 15.5. The highest BCUT2D eigenvalue weighted by atomic mass is 28.3. The lowest BCUT2D eigenvalue weighted by Gasteiger charge is -2.26. The fraction of sp³-hybridized carbons (Fsp3) is 0.636. The second-order valence-corrected chi connectivity index (χ2v) is 13.1. The van der Waals surface area contributed by atoms with Gasteiger partial charge < -0.3 is 0 Å². The summed E-state index contributed by atoms with van der Waals surface area (Å²) in [4.78, 5) is 0. The van der Waals surface area contributed by atoms with Crippen LogP contribution in [0, 0.1) is 23.7 Å². The number of unbranched alkanes of at least 4 members (excludes halogenated alkanes) is 4. The highest BCUT2D eigenvalue weighted by Gasteiger charge is 2.31. The molecule has 0 bridgehead atoms. The fourth-order valence-electron chi connectivity index (χ4n) is 3.06. The van der Waals surface area contributed by atoms with Crippen molar-refractivity contribution in [3.8, 4) is 23.7 Å². The zero-order chi connectivity index (χ0) is 17.3. The molecule has 1 aliphatic rings. The van der Waals surface area contributed by atoms with Crippen molar-refractivity contribution in [1.82, 2.24) is 0 Å². The van der Waals surface area contributed by atoms with E-state index in [1.54, 1.807) is 5.57 Å². The Kier molecular flexibility index (Phi) is 8.50. The molecule has 1 rings (SSSR count). The summed E-state index contributed by atoms with van der Waals surface area (Å²) in [7, 11) is -1.37. The Morgan fingerprint density at radius 3 is 2.52 bits per heavy atom. The Balaban J connectivity index is 2.89. The first-order valence-electron chi connectivity index (χ1n) is 9.24. The molecule has 0 N–H and O–H groups in total. The molecule has 0 amide bonds. The maximum Gasteiger partial charge on any atom is 0.0665 e. The molecule has 0 saturated heterocycles. The van der Waals surface area contributed by atoms with E-state index >= 15 is 0 Å². The summed E-state index contributed by atoms with van der Waals surface area (Å²) in [6.07, 6.45) is 9.85. The predicted molar refractivity (Wildman–Crippen MR) is 107 cm³/mol. The quantitative estimate of drug-likeness (QED) is 0.288. The van der Waals surface area contributed by atoms with Gasteiger partial charge in [-0.05, 0) is 43.8 Å². The molecule has 126 valence electrons. The van der Waals surface area contributed by atoms with Crippen molar-refractivity contribution in [2.45, 2.75) is 90.4 Å². The summed E-state index contributed by atoms with van der Waals surface area (Å²) in [5, 5.41) is 0. The van der Waals surface area contributed by atoms with Gasteiger partial charge in [-0.15, -0.1) is 0 Å². The molecule has 1 heteroatoms. The maximum absolute atomic E-state index is 3.94. The minimum atomic E-state index is -1.37. The molecule has 0 heterocycles. The minimum absolute atomic E-state index is 0.436. The molecule has 0 aromatic rings. The van der Waals surface area contributed by atoms with E-state index in [1.807, 2.05) is 6.92 Å². The molecule has 0 spiro atoms. The van der Waals surface area contributed by atoms with Crippen LogP contribution in [0.1, 0.15) is 65.2 Å². The monoisotopic (exact) mass is 326 g/mol. The van der Waals surface area contributed by atoms with Crippen LogP contribution in [0.5, 0.6) is 0 Å². The van der Waals surface area contributed by atoms with Gasteiger partial charge in [0.05, 0.1) is 8.07 Å². The Hall–Kier alpha value is -1.18. The van der Waals surface area contributed by atoms with Gasteiger partial charge in [-0.25, -0.2) is 0 Å². The summed E-state index contributed by atoms with van der Waals surface area (Å²) in [5.74, 6) is 13.7. The van der Waals surface area contributed by atoms with Crippen molar-refractivity contribution >= 4 is 8.07 Å². The van der Waals surface area contributed by atoms with Crippen molar-refractivity contribution in [3.05, 3.63) is 23.3 Å². The van der Waals surface area contributed by atoms with Crippen molar-refractivity contribution in [2.75, 3.05) is 0 Å². The van der Waals surface area contributed by atoms with E-state index in [1.165, 1.54) is 44.1 Å². The van der Waals surface area contributed by atoms with Crippen LogP contribution in [-0.4, -0.2) is 8.07 Å². The SMILES string of the molecule is C=C(C)C#CC(C1=C(C#CCCCCCC)CCC1)[Si](C)(C)C. The van der Waals surface area contributed by atoms with E-state index in [4.69, 9.17) is 0 Å². The van der Waals surface area contributed by atoms with Crippen LogP contribution in [0.4, 0.5) is 0 Å². The summed E-state index contributed by atoms with van der Waals surface area (Å²) in [6, 6.07) is 0. The van der Waals surface area contributed by atoms with Gasteiger partial charge >= 0.3 is 0 Å². The molecule has 0 nitrogen and oxygen atoms in total. The van der Waals surface area contributed by atoms with Gasteiger partial charge in [0.2, 0.25) is 0 Å². The van der Waals surface area contributed by atoms with E-state index in [0.29, 0.717) is 5.54 Å². The van der Waals surface area contributed by atoms with Crippen LogP contribution >= 0.6 is 0 Å². The highest BCUT2D eigenvalue weighted by Crippen LogP contribution is 2.39. The van der Waals surface area contributed by atoms with Gasteiger partial charge in [0.15, 0.2) is 0 Å². The fourth-order valence-corrected chi connectivity index (χ4v) is 4.93.